The van der Waals surface area contributed by atoms with Crippen molar-refractivity contribution in [3.8, 4) is 5.75 Å². The van der Waals surface area contributed by atoms with Crippen LogP contribution in [-0.2, 0) is 13.5 Å². The van der Waals surface area contributed by atoms with Crippen molar-refractivity contribution in [2.75, 3.05) is 10.6 Å². The van der Waals surface area contributed by atoms with E-state index in [-0.39, 0.29) is 17.1 Å². The van der Waals surface area contributed by atoms with Gasteiger partial charge in [-0.05, 0) is 63.1 Å². The SMILES string of the molecule is Cc1ccc(F)c(NC(=O)c2cc3nc(Nc4c(C)cccc4F)n(C)c3c3c2OC(C)(C)C3)c1. The second kappa shape index (κ2) is 8.08. The van der Waals surface area contributed by atoms with Crippen molar-refractivity contribution in [3.63, 3.8) is 0 Å². The number of nitrogens with zero attached hydrogens (tertiary/aromatic N) is 2. The highest BCUT2D eigenvalue weighted by Crippen LogP contribution is 2.43. The Morgan fingerprint density at radius 2 is 1.89 bits per heavy atom. The molecule has 8 heteroatoms. The standard InChI is InChI=1S/C27H26F2N4O2/c1-14-9-10-18(28)20(11-14)30-25(34)16-12-21-23(17-13-27(3,4)35-24(16)17)33(5)26(31-21)32-22-15(2)7-6-8-19(22)29/h6-12H,13H2,1-5H3,(H,30,34)(H,31,32). The van der Waals surface area contributed by atoms with Crippen molar-refractivity contribution in [2.24, 2.45) is 7.05 Å². The van der Waals surface area contributed by atoms with Gasteiger partial charge in [-0.15, -0.1) is 0 Å². The Bertz CT molecular complexity index is 1490. The summed E-state index contributed by atoms with van der Waals surface area (Å²) in [6.45, 7) is 7.52. The highest BCUT2D eigenvalue weighted by molar-refractivity contribution is 6.09. The van der Waals surface area contributed by atoms with E-state index in [2.05, 4.69) is 15.6 Å². The number of fused-ring (bicyclic) bond motifs is 3. The van der Waals surface area contributed by atoms with E-state index in [0.717, 1.165) is 22.2 Å². The summed E-state index contributed by atoms with van der Waals surface area (Å²) in [6.07, 6.45) is 0.552. The minimum Gasteiger partial charge on any atom is -0.486 e. The van der Waals surface area contributed by atoms with Gasteiger partial charge in [-0.1, -0.05) is 18.2 Å². The molecule has 6 nitrogen and oxygen atoms in total. The Hall–Kier alpha value is -3.94. The fourth-order valence-corrected chi connectivity index (χ4v) is 4.58. The maximum absolute atomic E-state index is 14.5. The summed E-state index contributed by atoms with van der Waals surface area (Å²) in [5, 5.41) is 5.77. The van der Waals surface area contributed by atoms with Gasteiger partial charge in [0.2, 0.25) is 5.95 Å². The van der Waals surface area contributed by atoms with Crippen LogP contribution >= 0.6 is 0 Å². The molecule has 1 aromatic heterocycles. The number of anilines is 3. The minimum atomic E-state index is -0.541. The van der Waals surface area contributed by atoms with Crippen molar-refractivity contribution < 1.29 is 18.3 Å². The minimum absolute atomic E-state index is 0.0968. The number of benzene rings is 3. The van der Waals surface area contributed by atoms with E-state index in [1.54, 1.807) is 24.3 Å². The number of nitrogens with one attached hydrogen (secondary N) is 2. The van der Waals surface area contributed by atoms with Gasteiger partial charge >= 0.3 is 0 Å². The van der Waals surface area contributed by atoms with E-state index < -0.39 is 17.3 Å². The van der Waals surface area contributed by atoms with Crippen LogP contribution in [0.3, 0.4) is 0 Å². The average molecular weight is 477 g/mol. The molecule has 0 atom stereocenters. The molecule has 0 bridgehead atoms. The summed E-state index contributed by atoms with van der Waals surface area (Å²) in [6, 6.07) is 11.0. The van der Waals surface area contributed by atoms with Gasteiger partial charge in [0.15, 0.2) is 0 Å². The molecule has 0 fully saturated rings. The van der Waals surface area contributed by atoms with Crippen molar-refractivity contribution >= 4 is 34.3 Å². The van der Waals surface area contributed by atoms with E-state index >= 15 is 0 Å². The summed E-state index contributed by atoms with van der Waals surface area (Å²) >= 11 is 0. The molecule has 3 aromatic carbocycles. The number of aromatic nitrogens is 2. The van der Waals surface area contributed by atoms with Crippen LogP contribution in [-0.4, -0.2) is 21.1 Å². The van der Waals surface area contributed by atoms with Gasteiger partial charge in [-0.25, -0.2) is 13.8 Å². The number of carbonyl (C=O) groups is 1. The van der Waals surface area contributed by atoms with Crippen molar-refractivity contribution in [1.82, 2.24) is 9.55 Å². The Kier molecular flexibility index (Phi) is 5.27. The lowest BCUT2D eigenvalue weighted by atomic mass is 9.98. The summed E-state index contributed by atoms with van der Waals surface area (Å²) in [5.74, 6) is -0.512. The quantitative estimate of drug-likeness (QED) is 0.369. The first-order valence-corrected chi connectivity index (χ1v) is 11.3. The van der Waals surface area contributed by atoms with Crippen LogP contribution in [0.2, 0.25) is 0 Å². The zero-order chi connectivity index (χ0) is 25.1. The largest absolute Gasteiger partial charge is 0.486 e. The third-order valence-electron chi connectivity index (χ3n) is 6.26. The molecule has 2 heterocycles. The van der Waals surface area contributed by atoms with E-state index in [1.807, 2.05) is 45.4 Å². The average Bonchev–Trinajstić information content (AvgIpc) is 3.27. The number of imidazole rings is 1. The van der Waals surface area contributed by atoms with Gasteiger partial charge in [-0.2, -0.15) is 0 Å². The Balaban J connectivity index is 1.62. The number of ether oxygens (including phenoxy) is 1. The lowest BCUT2D eigenvalue weighted by Crippen LogP contribution is -2.25. The van der Waals surface area contributed by atoms with E-state index in [0.29, 0.717) is 29.3 Å². The number of amides is 1. The predicted octanol–water partition coefficient (Wildman–Crippen LogP) is 6.18. The topological polar surface area (TPSA) is 68.2 Å². The fourth-order valence-electron chi connectivity index (χ4n) is 4.58. The normalized spacial score (nSPS) is 14.0. The number of hydrogen-bond acceptors (Lipinski definition) is 4. The van der Waals surface area contributed by atoms with E-state index in [1.165, 1.54) is 12.1 Å². The molecular formula is C27H26F2N4O2. The molecule has 5 rings (SSSR count). The van der Waals surface area contributed by atoms with Crippen LogP contribution in [0, 0.1) is 25.5 Å². The maximum atomic E-state index is 14.5. The Morgan fingerprint density at radius 3 is 2.63 bits per heavy atom. The highest BCUT2D eigenvalue weighted by atomic mass is 19.1. The fraction of sp³-hybridized carbons (Fsp3) is 0.259. The van der Waals surface area contributed by atoms with Gasteiger partial charge in [0.25, 0.3) is 5.91 Å². The molecule has 1 aliphatic heterocycles. The zero-order valence-electron chi connectivity index (χ0n) is 20.2. The van der Waals surface area contributed by atoms with Crippen LogP contribution in [0.4, 0.5) is 26.1 Å². The van der Waals surface area contributed by atoms with Crippen LogP contribution in [0.15, 0.2) is 42.5 Å². The first kappa shape index (κ1) is 22.8. The maximum Gasteiger partial charge on any atom is 0.259 e. The van der Waals surface area contributed by atoms with Crippen LogP contribution < -0.4 is 15.4 Å². The van der Waals surface area contributed by atoms with Gasteiger partial charge in [0.1, 0.15) is 23.0 Å². The molecule has 0 saturated carbocycles. The van der Waals surface area contributed by atoms with E-state index in [4.69, 9.17) is 4.74 Å². The second-order valence-electron chi connectivity index (χ2n) is 9.63. The second-order valence-corrected chi connectivity index (χ2v) is 9.63. The number of aryl methyl sites for hydroxylation is 3. The number of halogens is 2. The molecule has 0 spiro atoms. The third kappa shape index (κ3) is 3.99. The lowest BCUT2D eigenvalue weighted by molar-refractivity contribution is 0.101. The van der Waals surface area contributed by atoms with Crippen LogP contribution in [0.25, 0.3) is 11.0 Å². The molecule has 180 valence electrons. The van der Waals surface area contributed by atoms with E-state index in [9.17, 15) is 13.6 Å². The molecule has 0 unspecified atom stereocenters. The molecular weight excluding hydrogens is 450 g/mol. The summed E-state index contributed by atoms with van der Waals surface area (Å²) in [5.41, 5.74) is 3.91. The molecule has 0 aliphatic carbocycles. The molecule has 1 aliphatic rings. The number of para-hydroxylation sites is 1. The first-order chi connectivity index (χ1) is 16.5. The predicted molar refractivity (Wildman–Crippen MR) is 133 cm³/mol. The lowest BCUT2D eigenvalue weighted by Gasteiger charge is -2.18. The monoisotopic (exact) mass is 476 g/mol. The molecule has 2 N–H and O–H groups in total. The van der Waals surface area contributed by atoms with Crippen molar-refractivity contribution in [3.05, 3.63) is 76.4 Å². The Labute approximate surface area is 201 Å². The number of hydrogen-bond donors (Lipinski definition) is 2. The summed E-state index contributed by atoms with van der Waals surface area (Å²) in [7, 11) is 1.83. The van der Waals surface area contributed by atoms with Gasteiger partial charge in [-0.3, -0.25) is 4.79 Å². The summed E-state index contributed by atoms with van der Waals surface area (Å²) < 4.78 is 36.8. The van der Waals surface area contributed by atoms with Crippen molar-refractivity contribution in [1.29, 1.82) is 0 Å². The molecule has 0 saturated heterocycles. The third-order valence-corrected chi connectivity index (χ3v) is 6.26. The van der Waals surface area contributed by atoms with Gasteiger partial charge < -0.3 is 19.9 Å². The van der Waals surface area contributed by atoms with Gasteiger partial charge in [0.05, 0.1) is 28.0 Å². The highest BCUT2D eigenvalue weighted by Gasteiger charge is 2.37. The summed E-state index contributed by atoms with van der Waals surface area (Å²) in [4.78, 5) is 18.0. The number of rotatable bonds is 4. The first-order valence-electron chi connectivity index (χ1n) is 11.3. The molecule has 35 heavy (non-hydrogen) atoms. The smallest absolute Gasteiger partial charge is 0.259 e. The van der Waals surface area contributed by atoms with Gasteiger partial charge in [0, 0.05) is 19.0 Å². The number of carbonyl (C=O) groups excluding carboxylic acids is 1. The zero-order valence-corrected chi connectivity index (χ0v) is 20.2. The molecule has 0 radical (unpaired) electrons. The van der Waals surface area contributed by atoms with Crippen LogP contribution in [0.1, 0.15) is 40.9 Å². The van der Waals surface area contributed by atoms with Crippen molar-refractivity contribution in [2.45, 2.75) is 39.7 Å². The molecule has 1 amide bonds. The molecule has 4 aromatic rings. The van der Waals surface area contributed by atoms with Crippen LogP contribution in [0.5, 0.6) is 5.75 Å². The Morgan fingerprint density at radius 1 is 1.11 bits per heavy atom.